The summed E-state index contributed by atoms with van der Waals surface area (Å²) in [6, 6.07) is 9.07. The third-order valence-electron chi connectivity index (χ3n) is 5.88. The molecule has 28 heavy (non-hydrogen) atoms. The number of nitrogens with one attached hydrogen (secondary N) is 1. The molecular formula is C20H31NO6Si. The third kappa shape index (κ3) is 4.57. The monoisotopic (exact) mass is 409 g/mol. The summed E-state index contributed by atoms with van der Waals surface area (Å²) in [4.78, 5) is 11.8. The van der Waals surface area contributed by atoms with Gasteiger partial charge in [0.25, 0.3) is 0 Å². The van der Waals surface area contributed by atoms with E-state index < -0.39 is 45.1 Å². The molecule has 0 aromatic heterocycles. The Morgan fingerprint density at radius 1 is 1.21 bits per heavy atom. The van der Waals surface area contributed by atoms with E-state index in [2.05, 4.69) is 39.2 Å². The smallest absolute Gasteiger partial charge is 0.408 e. The molecular weight excluding hydrogens is 378 g/mol. The molecule has 2 fully saturated rings. The van der Waals surface area contributed by atoms with Gasteiger partial charge < -0.3 is 29.1 Å². The summed E-state index contributed by atoms with van der Waals surface area (Å²) in [5, 5.41) is 13.4. The van der Waals surface area contributed by atoms with Gasteiger partial charge in [0.1, 0.15) is 18.2 Å². The molecule has 0 radical (unpaired) electrons. The van der Waals surface area contributed by atoms with E-state index in [4.69, 9.17) is 18.6 Å². The van der Waals surface area contributed by atoms with Crippen LogP contribution in [0.3, 0.4) is 0 Å². The van der Waals surface area contributed by atoms with Gasteiger partial charge in [0.2, 0.25) is 0 Å². The van der Waals surface area contributed by atoms with E-state index in [1.165, 1.54) is 0 Å². The van der Waals surface area contributed by atoms with Crippen molar-refractivity contribution in [2.24, 2.45) is 0 Å². The average molecular weight is 410 g/mol. The van der Waals surface area contributed by atoms with Crippen LogP contribution in [-0.2, 0) is 25.2 Å². The van der Waals surface area contributed by atoms with E-state index in [1.54, 1.807) is 0 Å². The molecule has 2 heterocycles. The molecule has 2 aliphatic heterocycles. The van der Waals surface area contributed by atoms with Crippen molar-refractivity contribution in [1.29, 1.82) is 0 Å². The van der Waals surface area contributed by atoms with E-state index in [1.807, 2.05) is 30.3 Å². The lowest BCUT2D eigenvalue weighted by Gasteiger charge is -2.42. The molecule has 0 saturated carbocycles. The number of aliphatic hydroxyl groups is 1. The molecule has 1 aromatic rings. The Bertz CT molecular complexity index is 677. The summed E-state index contributed by atoms with van der Waals surface area (Å²) in [6.45, 7) is 11.4. The Labute approximate surface area is 167 Å². The highest BCUT2D eigenvalue weighted by atomic mass is 28.4. The van der Waals surface area contributed by atoms with Gasteiger partial charge in [0.15, 0.2) is 20.7 Å². The molecule has 0 bridgehead atoms. The Kier molecular flexibility index (Phi) is 6.16. The number of benzene rings is 1. The predicted molar refractivity (Wildman–Crippen MR) is 106 cm³/mol. The summed E-state index contributed by atoms with van der Waals surface area (Å²) in [5.74, 6) is 0. The highest BCUT2D eigenvalue weighted by Crippen LogP contribution is 2.37. The molecule has 3 rings (SSSR count). The zero-order chi connectivity index (χ0) is 20.5. The SMILES string of the molecule is CC(C)(C)[Si](C)(C)OC[C@H]1O[C@H](OCc2ccccc2)[C@H](O)[C@@H]2NC(=O)O[C@@H]21. The van der Waals surface area contributed by atoms with Crippen LogP contribution in [0.1, 0.15) is 26.3 Å². The lowest BCUT2D eigenvalue weighted by Crippen LogP contribution is -2.61. The number of aliphatic hydroxyl groups excluding tert-OH is 1. The minimum atomic E-state index is -2.00. The Morgan fingerprint density at radius 2 is 1.89 bits per heavy atom. The number of carbonyl (C=O) groups excluding carboxylic acids is 1. The summed E-state index contributed by atoms with van der Waals surface area (Å²) >= 11 is 0. The van der Waals surface area contributed by atoms with Gasteiger partial charge in [-0.2, -0.15) is 0 Å². The van der Waals surface area contributed by atoms with Gasteiger partial charge in [-0.3, -0.25) is 0 Å². The number of fused-ring (bicyclic) bond motifs is 1. The molecule has 156 valence electrons. The standard InChI is InChI=1S/C20H31NO6Si/c1-20(2,3)28(4,5)25-12-14-17-15(21-19(23)27-17)16(22)18(26-14)24-11-13-9-7-6-8-10-13/h6-10,14-18,22H,11-12H2,1-5H3,(H,21,23)/t14-,15+,16-,17-,18+/m1/s1. The molecule has 1 amide bonds. The maximum Gasteiger partial charge on any atom is 0.408 e. The number of amides is 1. The maximum atomic E-state index is 11.8. The summed E-state index contributed by atoms with van der Waals surface area (Å²) in [7, 11) is -2.00. The number of alkyl carbamates (subject to hydrolysis) is 1. The summed E-state index contributed by atoms with van der Waals surface area (Å²) in [6.07, 6.45) is -3.58. The molecule has 0 unspecified atom stereocenters. The van der Waals surface area contributed by atoms with Crippen LogP contribution in [0, 0.1) is 0 Å². The average Bonchev–Trinajstić information content (AvgIpc) is 3.02. The largest absolute Gasteiger partial charge is 0.441 e. The van der Waals surface area contributed by atoms with Crippen LogP contribution >= 0.6 is 0 Å². The van der Waals surface area contributed by atoms with Crippen LogP contribution in [0.25, 0.3) is 0 Å². The Hall–Kier alpha value is -1.45. The first-order chi connectivity index (χ1) is 13.1. The van der Waals surface area contributed by atoms with Gasteiger partial charge >= 0.3 is 6.09 Å². The molecule has 5 atom stereocenters. The molecule has 0 spiro atoms. The van der Waals surface area contributed by atoms with Crippen molar-refractivity contribution in [3.05, 3.63) is 35.9 Å². The van der Waals surface area contributed by atoms with Crippen molar-refractivity contribution in [3.63, 3.8) is 0 Å². The van der Waals surface area contributed by atoms with Crippen LogP contribution in [0.2, 0.25) is 18.1 Å². The van der Waals surface area contributed by atoms with E-state index in [0.29, 0.717) is 6.61 Å². The topological polar surface area (TPSA) is 86.3 Å². The van der Waals surface area contributed by atoms with E-state index in [9.17, 15) is 9.90 Å². The van der Waals surface area contributed by atoms with Crippen molar-refractivity contribution in [2.75, 3.05) is 6.61 Å². The quantitative estimate of drug-likeness (QED) is 0.703. The molecule has 2 N–H and O–H groups in total. The number of ether oxygens (including phenoxy) is 3. The van der Waals surface area contributed by atoms with Crippen LogP contribution in [-0.4, -0.2) is 56.8 Å². The number of hydrogen-bond donors (Lipinski definition) is 2. The van der Waals surface area contributed by atoms with E-state index in [0.717, 1.165) is 5.56 Å². The minimum Gasteiger partial charge on any atom is -0.441 e. The number of carbonyl (C=O) groups is 1. The fourth-order valence-electron chi connectivity index (χ4n) is 3.07. The van der Waals surface area contributed by atoms with Crippen molar-refractivity contribution in [2.45, 2.75) is 76.2 Å². The molecule has 2 aliphatic rings. The van der Waals surface area contributed by atoms with Crippen LogP contribution in [0.5, 0.6) is 0 Å². The highest BCUT2D eigenvalue weighted by molar-refractivity contribution is 6.74. The second-order valence-corrected chi connectivity index (χ2v) is 13.8. The minimum absolute atomic E-state index is 0.0500. The molecule has 7 nitrogen and oxygen atoms in total. The third-order valence-corrected chi connectivity index (χ3v) is 10.4. The zero-order valence-corrected chi connectivity index (χ0v) is 18.2. The second-order valence-electron chi connectivity index (χ2n) is 8.94. The van der Waals surface area contributed by atoms with Gasteiger partial charge in [-0.25, -0.2) is 4.79 Å². The molecule has 2 saturated heterocycles. The van der Waals surface area contributed by atoms with Crippen molar-refractivity contribution < 1.29 is 28.5 Å². The van der Waals surface area contributed by atoms with Crippen LogP contribution in [0.15, 0.2) is 30.3 Å². The summed E-state index contributed by atoms with van der Waals surface area (Å²) < 4.78 is 23.5. The highest BCUT2D eigenvalue weighted by Gasteiger charge is 2.53. The first-order valence-corrected chi connectivity index (χ1v) is 12.6. The van der Waals surface area contributed by atoms with Crippen molar-refractivity contribution >= 4 is 14.4 Å². The second kappa shape index (κ2) is 8.12. The van der Waals surface area contributed by atoms with Gasteiger partial charge in [0, 0.05) is 0 Å². The van der Waals surface area contributed by atoms with Crippen molar-refractivity contribution in [3.8, 4) is 0 Å². The molecule has 0 aliphatic carbocycles. The Morgan fingerprint density at radius 3 is 2.54 bits per heavy atom. The van der Waals surface area contributed by atoms with Crippen LogP contribution in [0.4, 0.5) is 4.79 Å². The van der Waals surface area contributed by atoms with E-state index >= 15 is 0 Å². The maximum absolute atomic E-state index is 11.8. The Balaban J connectivity index is 1.69. The summed E-state index contributed by atoms with van der Waals surface area (Å²) in [5.41, 5.74) is 0.973. The predicted octanol–water partition coefficient (Wildman–Crippen LogP) is 2.79. The first-order valence-electron chi connectivity index (χ1n) is 9.69. The molecule has 1 aromatic carbocycles. The zero-order valence-electron chi connectivity index (χ0n) is 17.2. The fourth-order valence-corrected chi connectivity index (χ4v) is 4.08. The molecule has 8 heteroatoms. The lowest BCUT2D eigenvalue weighted by molar-refractivity contribution is -0.273. The van der Waals surface area contributed by atoms with E-state index in [-0.39, 0.29) is 11.6 Å². The number of rotatable bonds is 6. The van der Waals surface area contributed by atoms with Crippen molar-refractivity contribution in [1.82, 2.24) is 5.32 Å². The number of hydrogen-bond acceptors (Lipinski definition) is 6. The fraction of sp³-hybridized carbons (Fsp3) is 0.650. The van der Waals surface area contributed by atoms with Crippen LogP contribution < -0.4 is 5.32 Å². The van der Waals surface area contributed by atoms with Gasteiger partial charge in [0.05, 0.1) is 13.2 Å². The normalized spacial score (nSPS) is 30.5. The van der Waals surface area contributed by atoms with Gasteiger partial charge in [-0.15, -0.1) is 0 Å². The van der Waals surface area contributed by atoms with Gasteiger partial charge in [-0.1, -0.05) is 51.1 Å². The lowest BCUT2D eigenvalue weighted by atomic mass is 9.97. The van der Waals surface area contributed by atoms with Gasteiger partial charge in [-0.05, 0) is 23.7 Å². The first kappa shape index (κ1) is 21.3.